The third-order valence-electron chi connectivity index (χ3n) is 7.81. The molecule has 0 saturated carbocycles. The van der Waals surface area contributed by atoms with Crippen LogP contribution in [0.1, 0.15) is 56.6 Å². The second kappa shape index (κ2) is 8.27. The van der Waals surface area contributed by atoms with Crippen molar-refractivity contribution in [3.8, 4) is 5.75 Å². The first-order valence-corrected chi connectivity index (χ1v) is 11.6. The number of nitrogens with zero attached hydrogens (tertiary/aromatic N) is 2. The lowest BCUT2D eigenvalue weighted by Gasteiger charge is -2.55. The molecule has 4 saturated heterocycles. The number of piperidine rings is 4. The van der Waals surface area contributed by atoms with Crippen LogP contribution in [0.15, 0.2) is 24.3 Å². The van der Waals surface area contributed by atoms with Crippen LogP contribution in [0.25, 0.3) is 0 Å². The Kier molecular flexibility index (Phi) is 5.53. The van der Waals surface area contributed by atoms with Gasteiger partial charge in [-0.2, -0.15) is 0 Å². The highest BCUT2D eigenvalue weighted by Gasteiger charge is 2.46. The molecule has 1 amide bonds. The monoisotopic (exact) mass is 397 g/mol. The number of hydrogen-bond donors (Lipinski definition) is 1. The maximum atomic E-state index is 13.1. The molecule has 4 fully saturated rings. The number of amides is 1. The molecule has 0 aliphatic carbocycles. The molecule has 5 atom stereocenters. The third-order valence-corrected chi connectivity index (χ3v) is 7.81. The van der Waals surface area contributed by atoms with Crippen molar-refractivity contribution in [1.29, 1.82) is 0 Å². The summed E-state index contributed by atoms with van der Waals surface area (Å²) in [6, 6.07) is 9.91. The van der Waals surface area contributed by atoms with E-state index in [2.05, 4.69) is 39.4 Å². The van der Waals surface area contributed by atoms with Crippen LogP contribution in [0.5, 0.6) is 5.75 Å². The van der Waals surface area contributed by atoms with Gasteiger partial charge < -0.3 is 15.0 Å². The molecule has 1 aromatic carbocycles. The molecular formula is C24H35N3O2. The van der Waals surface area contributed by atoms with Gasteiger partial charge >= 0.3 is 0 Å². The fourth-order valence-electron chi connectivity index (χ4n) is 6.46. The number of benzene rings is 1. The van der Waals surface area contributed by atoms with Crippen molar-refractivity contribution >= 4 is 5.91 Å². The molecule has 158 valence electrons. The van der Waals surface area contributed by atoms with E-state index in [1.165, 1.54) is 44.1 Å². The summed E-state index contributed by atoms with van der Waals surface area (Å²) in [5.74, 6) is 2.56. The standard InChI is InChI=1S/C24H35N3O2/c1-29-20-10-8-18(9-11-20)22-6-4-7-23-19-13-17(15-27(22)23)14-26(16-19)24(28)21-5-2-3-12-25-21/h8-11,17,19,21-23,25H,2-7,12-16H2,1H3/t17-,19+,21-,22+,23-/m0/s1. The molecule has 0 spiro atoms. The van der Waals surface area contributed by atoms with E-state index < -0.39 is 0 Å². The van der Waals surface area contributed by atoms with Crippen molar-refractivity contribution in [2.75, 3.05) is 33.3 Å². The molecule has 4 heterocycles. The lowest BCUT2D eigenvalue weighted by Crippen LogP contribution is -2.62. The van der Waals surface area contributed by atoms with Gasteiger partial charge in [0.05, 0.1) is 13.2 Å². The summed E-state index contributed by atoms with van der Waals surface area (Å²) in [5, 5.41) is 3.46. The second-order valence-corrected chi connectivity index (χ2v) is 9.59. The van der Waals surface area contributed by atoms with E-state index in [0.717, 1.165) is 38.3 Å². The van der Waals surface area contributed by atoms with Crippen LogP contribution in [-0.4, -0.2) is 61.1 Å². The molecule has 29 heavy (non-hydrogen) atoms. The first-order valence-electron chi connectivity index (χ1n) is 11.6. The van der Waals surface area contributed by atoms with Gasteiger partial charge in [0.25, 0.3) is 0 Å². The highest BCUT2D eigenvalue weighted by molar-refractivity contribution is 5.82. The van der Waals surface area contributed by atoms with E-state index >= 15 is 0 Å². The SMILES string of the molecule is COc1ccc([C@H]2CCC[C@H]3[C@@H]4C[C@@H](CN(C(=O)[C@@H]5CCCCN5)C4)CN23)cc1. The number of fused-ring (bicyclic) bond motifs is 4. The van der Waals surface area contributed by atoms with E-state index in [1.807, 2.05) is 0 Å². The number of methoxy groups -OCH3 is 1. The van der Waals surface area contributed by atoms with Gasteiger partial charge in [-0.25, -0.2) is 0 Å². The average molecular weight is 398 g/mol. The minimum Gasteiger partial charge on any atom is -0.497 e. The van der Waals surface area contributed by atoms with Gasteiger partial charge in [-0.3, -0.25) is 9.69 Å². The smallest absolute Gasteiger partial charge is 0.239 e. The number of rotatable bonds is 3. The largest absolute Gasteiger partial charge is 0.497 e. The summed E-state index contributed by atoms with van der Waals surface area (Å²) >= 11 is 0. The van der Waals surface area contributed by atoms with Gasteiger partial charge in [0.15, 0.2) is 0 Å². The molecule has 2 bridgehead atoms. The predicted molar refractivity (Wildman–Crippen MR) is 114 cm³/mol. The Bertz CT molecular complexity index is 715. The normalized spacial score (nSPS) is 35.1. The van der Waals surface area contributed by atoms with Crippen molar-refractivity contribution < 1.29 is 9.53 Å². The number of hydrogen-bond acceptors (Lipinski definition) is 4. The zero-order valence-electron chi connectivity index (χ0n) is 17.7. The van der Waals surface area contributed by atoms with Crippen LogP contribution < -0.4 is 10.1 Å². The Morgan fingerprint density at radius 3 is 2.66 bits per heavy atom. The average Bonchev–Trinajstić information content (AvgIpc) is 2.79. The molecule has 5 nitrogen and oxygen atoms in total. The quantitative estimate of drug-likeness (QED) is 0.851. The topological polar surface area (TPSA) is 44.8 Å². The molecule has 1 aromatic rings. The predicted octanol–water partition coefficient (Wildman–Crippen LogP) is 3.21. The number of ether oxygens (including phenoxy) is 1. The molecular weight excluding hydrogens is 362 g/mol. The van der Waals surface area contributed by atoms with Gasteiger partial charge in [0, 0.05) is 31.7 Å². The minimum atomic E-state index is 0.0667. The summed E-state index contributed by atoms with van der Waals surface area (Å²) in [6.07, 6.45) is 8.53. The Balaban J connectivity index is 1.30. The van der Waals surface area contributed by atoms with E-state index in [4.69, 9.17) is 4.74 Å². The van der Waals surface area contributed by atoms with Gasteiger partial charge in [0.1, 0.15) is 5.75 Å². The van der Waals surface area contributed by atoms with E-state index in [0.29, 0.717) is 29.8 Å². The molecule has 0 radical (unpaired) electrons. The minimum absolute atomic E-state index is 0.0667. The zero-order valence-corrected chi connectivity index (χ0v) is 17.7. The fraction of sp³-hybridized carbons (Fsp3) is 0.708. The summed E-state index contributed by atoms with van der Waals surface area (Å²) in [6.45, 7) is 4.05. The lowest BCUT2D eigenvalue weighted by molar-refractivity contribution is -0.141. The summed E-state index contributed by atoms with van der Waals surface area (Å²) < 4.78 is 5.35. The van der Waals surface area contributed by atoms with E-state index in [1.54, 1.807) is 7.11 Å². The maximum Gasteiger partial charge on any atom is 0.239 e. The molecule has 0 unspecified atom stereocenters. The number of nitrogens with one attached hydrogen (secondary N) is 1. The van der Waals surface area contributed by atoms with Crippen LogP contribution in [0.4, 0.5) is 0 Å². The van der Waals surface area contributed by atoms with Crippen molar-refractivity contribution in [1.82, 2.24) is 15.1 Å². The summed E-state index contributed by atoms with van der Waals surface area (Å²) in [4.78, 5) is 18.1. The second-order valence-electron chi connectivity index (χ2n) is 9.59. The van der Waals surface area contributed by atoms with Crippen LogP contribution >= 0.6 is 0 Å². The first-order chi connectivity index (χ1) is 14.2. The summed E-state index contributed by atoms with van der Waals surface area (Å²) in [7, 11) is 1.73. The van der Waals surface area contributed by atoms with Crippen molar-refractivity contribution in [3.63, 3.8) is 0 Å². The van der Waals surface area contributed by atoms with Gasteiger partial charge in [0.2, 0.25) is 5.91 Å². The van der Waals surface area contributed by atoms with Crippen LogP contribution in [-0.2, 0) is 4.79 Å². The summed E-state index contributed by atoms with van der Waals surface area (Å²) in [5.41, 5.74) is 1.43. The molecule has 1 N–H and O–H groups in total. The van der Waals surface area contributed by atoms with Crippen molar-refractivity contribution in [2.45, 2.75) is 63.1 Å². The molecule has 4 aliphatic rings. The number of likely N-dealkylation sites (tertiary alicyclic amines) is 1. The van der Waals surface area contributed by atoms with Crippen LogP contribution in [0, 0.1) is 11.8 Å². The van der Waals surface area contributed by atoms with E-state index in [-0.39, 0.29) is 6.04 Å². The Morgan fingerprint density at radius 2 is 1.90 bits per heavy atom. The van der Waals surface area contributed by atoms with Crippen LogP contribution in [0.2, 0.25) is 0 Å². The Labute approximate surface area is 174 Å². The maximum absolute atomic E-state index is 13.1. The van der Waals surface area contributed by atoms with Crippen molar-refractivity contribution in [2.24, 2.45) is 11.8 Å². The Hall–Kier alpha value is -1.59. The molecule has 4 aliphatic heterocycles. The molecule has 5 rings (SSSR count). The molecule has 0 aromatic heterocycles. The highest BCUT2D eigenvalue weighted by Crippen LogP contribution is 2.44. The lowest BCUT2D eigenvalue weighted by atomic mass is 9.73. The first kappa shape index (κ1) is 19.4. The highest BCUT2D eigenvalue weighted by atomic mass is 16.5. The Morgan fingerprint density at radius 1 is 1.03 bits per heavy atom. The van der Waals surface area contributed by atoms with E-state index in [9.17, 15) is 4.79 Å². The van der Waals surface area contributed by atoms with Gasteiger partial charge in [-0.1, -0.05) is 18.6 Å². The fourth-order valence-corrected chi connectivity index (χ4v) is 6.46. The van der Waals surface area contributed by atoms with Crippen molar-refractivity contribution in [3.05, 3.63) is 29.8 Å². The van der Waals surface area contributed by atoms with Gasteiger partial charge in [-0.05, 0) is 74.6 Å². The number of carbonyl (C=O) groups excluding carboxylic acids is 1. The third kappa shape index (κ3) is 3.79. The van der Waals surface area contributed by atoms with Gasteiger partial charge in [-0.15, -0.1) is 0 Å². The number of carbonyl (C=O) groups is 1. The van der Waals surface area contributed by atoms with Crippen LogP contribution in [0.3, 0.4) is 0 Å². The zero-order chi connectivity index (χ0) is 19.8. The molecule has 5 heteroatoms.